The zero-order valence-electron chi connectivity index (χ0n) is 16.2. The molecule has 1 fully saturated rings. The second-order valence-corrected chi connectivity index (χ2v) is 8.49. The van der Waals surface area contributed by atoms with Gasteiger partial charge in [0.05, 0.1) is 17.9 Å². The number of carbonyl (C=O) groups is 3. The minimum absolute atomic E-state index is 0.122. The van der Waals surface area contributed by atoms with Gasteiger partial charge in [0.15, 0.2) is 11.0 Å². The largest absolute Gasteiger partial charge is 0.366 e. The van der Waals surface area contributed by atoms with Crippen LogP contribution in [0, 0.1) is 0 Å². The van der Waals surface area contributed by atoms with Gasteiger partial charge < -0.3 is 20.5 Å². The summed E-state index contributed by atoms with van der Waals surface area (Å²) in [6.07, 6.45) is 3.59. The van der Waals surface area contributed by atoms with Crippen LogP contribution >= 0.6 is 23.1 Å². The average Bonchev–Trinajstić information content (AvgIpc) is 3.25. The molecule has 0 saturated carbocycles. The summed E-state index contributed by atoms with van der Waals surface area (Å²) in [4.78, 5) is 37.7. The molecule has 1 aliphatic heterocycles. The van der Waals surface area contributed by atoms with Crippen LogP contribution in [0.5, 0.6) is 0 Å². The van der Waals surface area contributed by atoms with Gasteiger partial charge in [-0.05, 0) is 31.2 Å². The van der Waals surface area contributed by atoms with Crippen molar-refractivity contribution in [2.75, 3.05) is 17.6 Å². The zero-order valence-corrected chi connectivity index (χ0v) is 17.9. The smallest absolute Gasteiger partial charge is 0.251 e. The Hall–Kier alpha value is -2.40. The molecular weight excluding hydrogens is 412 g/mol. The van der Waals surface area contributed by atoms with Gasteiger partial charge in [-0.2, -0.15) is 0 Å². The molecule has 0 unspecified atom stereocenters. The fourth-order valence-corrected chi connectivity index (χ4v) is 4.76. The molecule has 11 heteroatoms. The standard InChI is InChI=1S/C18H24N6O3S2/c1-2-24-13(10-23-8-5-3-4-6-15(23)26)21-22-18(24)29-11-14(25)20-17-12(16(19)27)7-9-28-17/h7,9H,2-6,8,10-11H2,1H3,(H2,19,27)(H,20,25). The number of hydrogen-bond acceptors (Lipinski definition) is 7. The monoisotopic (exact) mass is 436 g/mol. The molecular formula is C18H24N6O3S2. The van der Waals surface area contributed by atoms with Crippen molar-refractivity contribution in [1.29, 1.82) is 0 Å². The van der Waals surface area contributed by atoms with Crippen LogP contribution < -0.4 is 11.1 Å². The lowest BCUT2D eigenvalue weighted by Crippen LogP contribution is -2.31. The lowest BCUT2D eigenvalue weighted by Gasteiger charge is -2.20. The SMILES string of the molecule is CCn1c(CN2CCCCCC2=O)nnc1SCC(=O)Nc1sccc1C(N)=O. The highest BCUT2D eigenvalue weighted by Crippen LogP contribution is 2.24. The van der Waals surface area contributed by atoms with Crippen LogP contribution in [0.3, 0.4) is 0 Å². The van der Waals surface area contributed by atoms with E-state index in [1.165, 1.54) is 23.1 Å². The van der Waals surface area contributed by atoms with E-state index in [2.05, 4.69) is 15.5 Å². The van der Waals surface area contributed by atoms with E-state index in [9.17, 15) is 14.4 Å². The molecule has 1 saturated heterocycles. The maximum absolute atomic E-state index is 12.3. The van der Waals surface area contributed by atoms with E-state index < -0.39 is 5.91 Å². The zero-order chi connectivity index (χ0) is 20.8. The third-order valence-electron chi connectivity index (χ3n) is 4.63. The first-order valence-electron chi connectivity index (χ1n) is 9.49. The van der Waals surface area contributed by atoms with Gasteiger partial charge in [0.2, 0.25) is 11.8 Å². The summed E-state index contributed by atoms with van der Waals surface area (Å²) < 4.78 is 1.93. The van der Waals surface area contributed by atoms with Gasteiger partial charge >= 0.3 is 0 Å². The van der Waals surface area contributed by atoms with Gasteiger partial charge in [-0.1, -0.05) is 18.2 Å². The summed E-state index contributed by atoms with van der Waals surface area (Å²) >= 11 is 2.51. The Bertz CT molecular complexity index is 894. The van der Waals surface area contributed by atoms with Gasteiger partial charge in [0, 0.05) is 19.5 Å². The minimum atomic E-state index is -0.576. The summed E-state index contributed by atoms with van der Waals surface area (Å²) in [5.74, 6) is 0.169. The van der Waals surface area contributed by atoms with Crippen LogP contribution in [0.1, 0.15) is 48.8 Å². The van der Waals surface area contributed by atoms with Crippen LogP contribution in [-0.4, -0.2) is 49.7 Å². The third kappa shape index (κ3) is 5.36. The highest BCUT2D eigenvalue weighted by atomic mass is 32.2. The van der Waals surface area contributed by atoms with Gasteiger partial charge in [-0.3, -0.25) is 14.4 Å². The number of thioether (sulfide) groups is 1. The van der Waals surface area contributed by atoms with E-state index in [1.54, 1.807) is 11.4 Å². The number of carbonyl (C=O) groups excluding carboxylic acids is 3. The summed E-state index contributed by atoms with van der Waals surface area (Å²) in [7, 11) is 0. The molecule has 3 rings (SSSR count). The van der Waals surface area contributed by atoms with Crippen molar-refractivity contribution in [3.8, 4) is 0 Å². The first-order chi connectivity index (χ1) is 14.0. The fraction of sp³-hybridized carbons (Fsp3) is 0.500. The van der Waals surface area contributed by atoms with Gasteiger partial charge in [0.1, 0.15) is 5.00 Å². The number of anilines is 1. The molecule has 0 aromatic carbocycles. The van der Waals surface area contributed by atoms with E-state index >= 15 is 0 Å². The van der Waals surface area contributed by atoms with Crippen LogP contribution in [0.2, 0.25) is 0 Å². The number of hydrogen-bond donors (Lipinski definition) is 2. The number of amides is 3. The Kier molecular flexibility index (Phi) is 7.26. The van der Waals surface area contributed by atoms with Crippen LogP contribution in [0.15, 0.2) is 16.6 Å². The van der Waals surface area contributed by atoms with Crippen molar-refractivity contribution < 1.29 is 14.4 Å². The van der Waals surface area contributed by atoms with Crippen molar-refractivity contribution in [3.63, 3.8) is 0 Å². The molecule has 0 spiro atoms. The molecule has 0 bridgehead atoms. The molecule has 0 radical (unpaired) electrons. The highest BCUT2D eigenvalue weighted by Gasteiger charge is 2.21. The first-order valence-corrected chi connectivity index (χ1v) is 11.4. The topological polar surface area (TPSA) is 123 Å². The van der Waals surface area contributed by atoms with Gasteiger partial charge in [-0.15, -0.1) is 21.5 Å². The molecule has 0 aliphatic carbocycles. The molecule has 9 nitrogen and oxygen atoms in total. The molecule has 29 heavy (non-hydrogen) atoms. The Labute approximate surface area is 177 Å². The fourth-order valence-electron chi connectivity index (χ4n) is 3.13. The Morgan fingerprint density at radius 1 is 1.31 bits per heavy atom. The average molecular weight is 437 g/mol. The predicted octanol–water partition coefficient (Wildman–Crippen LogP) is 2.09. The number of aromatic nitrogens is 3. The molecule has 3 amide bonds. The second-order valence-electron chi connectivity index (χ2n) is 6.63. The normalized spacial score (nSPS) is 14.7. The molecule has 3 N–H and O–H groups in total. The van der Waals surface area contributed by atoms with Crippen molar-refractivity contribution in [1.82, 2.24) is 19.7 Å². The predicted molar refractivity (Wildman–Crippen MR) is 112 cm³/mol. The molecule has 1 aliphatic rings. The number of thiophene rings is 1. The highest BCUT2D eigenvalue weighted by molar-refractivity contribution is 7.99. The molecule has 0 atom stereocenters. The van der Waals surface area contributed by atoms with E-state index in [0.29, 0.717) is 35.2 Å². The van der Waals surface area contributed by atoms with E-state index in [4.69, 9.17) is 5.73 Å². The summed E-state index contributed by atoms with van der Waals surface area (Å²) in [5, 5.41) is 13.9. The lowest BCUT2D eigenvalue weighted by atomic mass is 10.2. The Morgan fingerprint density at radius 3 is 2.90 bits per heavy atom. The van der Waals surface area contributed by atoms with Crippen molar-refractivity contribution in [3.05, 3.63) is 22.8 Å². The number of nitrogens with two attached hydrogens (primary N) is 1. The van der Waals surface area contributed by atoms with Crippen LogP contribution in [0.4, 0.5) is 5.00 Å². The number of likely N-dealkylation sites (tertiary alicyclic amines) is 1. The Morgan fingerprint density at radius 2 is 2.14 bits per heavy atom. The van der Waals surface area contributed by atoms with Crippen LogP contribution in [-0.2, 0) is 22.7 Å². The molecule has 156 valence electrons. The maximum atomic E-state index is 12.3. The summed E-state index contributed by atoms with van der Waals surface area (Å²) in [6, 6.07) is 1.58. The lowest BCUT2D eigenvalue weighted by molar-refractivity contribution is -0.131. The number of nitrogens with zero attached hydrogens (tertiary/aromatic N) is 4. The molecule has 3 heterocycles. The van der Waals surface area contributed by atoms with Gasteiger partial charge in [0.25, 0.3) is 5.91 Å². The first kappa shape index (κ1) is 21.3. The van der Waals surface area contributed by atoms with E-state index in [1.807, 2.05) is 16.4 Å². The van der Waals surface area contributed by atoms with Gasteiger partial charge in [-0.25, -0.2) is 0 Å². The summed E-state index contributed by atoms with van der Waals surface area (Å²) in [6.45, 7) is 3.80. The second kappa shape index (κ2) is 9.88. The number of nitrogens with one attached hydrogen (secondary N) is 1. The number of rotatable bonds is 8. The quantitative estimate of drug-likeness (QED) is 0.611. The molecule has 2 aromatic heterocycles. The Balaban J connectivity index is 1.61. The van der Waals surface area contributed by atoms with Crippen molar-refractivity contribution in [2.24, 2.45) is 5.73 Å². The number of primary amides is 1. The van der Waals surface area contributed by atoms with Crippen molar-refractivity contribution >= 4 is 45.8 Å². The maximum Gasteiger partial charge on any atom is 0.251 e. The van der Waals surface area contributed by atoms with E-state index in [0.717, 1.165) is 31.6 Å². The van der Waals surface area contributed by atoms with Crippen LogP contribution in [0.25, 0.3) is 0 Å². The third-order valence-corrected chi connectivity index (χ3v) is 6.43. The minimum Gasteiger partial charge on any atom is -0.366 e. The van der Waals surface area contributed by atoms with Crippen molar-refractivity contribution in [2.45, 2.75) is 50.9 Å². The summed E-state index contributed by atoms with van der Waals surface area (Å²) in [5.41, 5.74) is 5.60. The van der Waals surface area contributed by atoms with E-state index in [-0.39, 0.29) is 17.6 Å². The molecule has 2 aromatic rings.